The van der Waals surface area contributed by atoms with Crippen LogP contribution in [-0.2, 0) is 4.74 Å². The predicted octanol–water partition coefficient (Wildman–Crippen LogP) is 1.15. The molecule has 0 bridgehead atoms. The summed E-state index contributed by atoms with van der Waals surface area (Å²) in [6.45, 7) is 6.67. The molecule has 1 aliphatic rings. The molecule has 1 saturated heterocycles. The monoisotopic (exact) mass is 351 g/mol. The highest BCUT2D eigenvalue weighted by molar-refractivity contribution is 6.58. The van der Waals surface area contributed by atoms with Crippen LogP contribution in [0.4, 0.5) is 4.79 Å². The van der Waals surface area contributed by atoms with Gasteiger partial charge in [-0.3, -0.25) is 0 Å². The zero-order valence-corrected chi connectivity index (χ0v) is 15.2. The van der Waals surface area contributed by atoms with Crippen molar-refractivity contribution in [2.75, 3.05) is 20.2 Å². The summed E-state index contributed by atoms with van der Waals surface area (Å²) in [5, 5.41) is 18.5. The van der Waals surface area contributed by atoms with E-state index in [1.54, 1.807) is 17.0 Å². The molecule has 0 radical (unpaired) electrons. The summed E-state index contributed by atoms with van der Waals surface area (Å²) in [5.41, 5.74) is -0.166. The van der Waals surface area contributed by atoms with Gasteiger partial charge in [0.25, 0.3) is 0 Å². The molecule has 2 N–H and O–H groups in total. The average Bonchev–Trinajstić information content (AvgIpc) is 2.54. The van der Waals surface area contributed by atoms with E-state index < -0.39 is 12.7 Å². The van der Waals surface area contributed by atoms with Crippen molar-refractivity contribution in [2.45, 2.75) is 45.3 Å². The first-order valence-corrected chi connectivity index (χ1v) is 8.38. The first kappa shape index (κ1) is 19.4. The van der Waals surface area contributed by atoms with E-state index in [9.17, 15) is 14.8 Å². The number of likely N-dealkylation sites (tertiary alicyclic amines) is 1. The van der Waals surface area contributed by atoms with Crippen molar-refractivity contribution < 1.29 is 29.1 Å². The first-order valence-electron chi connectivity index (χ1n) is 8.38. The van der Waals surface area contributed by atoms with Crippen LogP contribution >= 0.6 is 0 Å². The van der Waals surface area contributed by atoms with Crippen LogP contribution in [0.25, 0.3) is 0 Å². The Bertz CT molecular complexity index is 593. The number of rotatable bonds is 4. The minimum atomic E-state index is -1.56. The molecule has 25 heavy (non-hydrogen) atoms. The van der Waals surface area contributed by atoms with Gasteiger partial charge in [0.2, 0.25) is 0 Å². The van der Waals surface area contributed by atoms with Crippen molar-refractivity contribution in [1.29, 1.82) is 0 Å². The molecule has 1 fully saturated rings. The van der Waals surface area contributed by atoms with E-state index in [4.69, 9.17) is 14.2 Å². The first-order chi connectivity index (χ1) is 11.7. The molecule has 138 valence electrons. The summed E-state index contributed by atoms with van der Waals surface area (Å²) in [6, 6.07) is 4.78. The molecule has 0 aliphatic carbocycles. The average molecular weight is 351 g/mol. The normalized spacial score (nSPS) is 15.7. The fourth-order valence-corrected chi connectivity index (χ4v) is 2.60. The van der Waals surface area contributed by atoms with E-state index in [1.807, 2.05) is 20.8 Å². The lowest BCUT2D eigenvalue weighted by Crippen LogP contribution is -2.44. The fraction of sp³-hybridized carbons (Fsp3) is 0.588. The number of amides is 1. The van der Waals surface area contributed by atoms with E-state index in [-0.39, 0.29) is 12.2 Å². The van der Waals surface area contributed by atoms with Crippen LogP contribution in [-0.4, -0.2) is 60.1 Å². The Kier molecular flexibility index (Phi) is 6.18. The lowest BCUT2D eigenvalue weighted by Gasteiger charge is -2.33. The molecule has 8 heteroatoms. The van der Waals surface area contributed by atoms with Gasteiger partial charge in [-0.05, 0) is 38.4 Å². The van der Waals surface area contributed by atoms with E-state index in [0.717, 1.165) is 0 Å². The van der Waals surface area contributed by atoms with Crippen LogP contribution in [0.3, 0.4) is 0 Å². The molecule has 1 amide bonds. The molecule has 1 aromatic carbocycles. The Morgan fingerprint density at radius 2 is 1.84 bits per heavy atom. The van der Waals surface area contributed by atoms with Crippen molar-refractivity contribution in [1.82, 2.24) is 4.90 Å². The maximum absolute atomic E-state index is 12.1. The van der Waals surface area contributed by atoms with E-state index in [0.29, 0.717) is 42.9 Å². The second kappa shape index (κ2) is 7.97. The zero-order chi connectivity index (χ0) is 18.6. The van der Waals surface area contributed by atoms with Crippen LogP contribution in [0.1, 0.15) is 33.6 Å². The third-order valence-corrected chi connectivity index (χ3v) is 3.87. The van der Waals surface area contributed by atoms with Crippen LogP contribution in [0, 0.1) is 0 Å². The lowest BCUT2D eigenvalue weighted by molar-refractivity contribution is 0.0124. The highest BCUT2D eigenvalue weighted by Crippen LogP contribution is 2.28. The van der Waals surface area contributed by atoms with Gasteiger partial charge in [0.05, 0.1) is 7.11 Å². The molecule has 7 nitrogen and oxygen atoms in total. The number of nitrogens with zero attached hydrogens (tertiary/aromatic N) is 1. The topological polar surface area (TPSA) is 88.5 Å². The van der Waals surface area contributed by atoms with Crippen molar-refractivity contribution in [3.8, 4) is 11.5 Å². The molecule has 2 rings (SSSR count). The highest BCUT2D eigenvalue weighted by atomic mass is 16.6. The van der Waals surface area contributed by atoms with Gasteiger partial charge in [-0.15, -0.1) is 0 Å². The standard InChI is InChI=1S/C17H26BNO6/c1-17(2,3)25-16(20)19-9-7-13(8-10-19)24-14-6-5-12(18(21)22)11-15(14)23-4/h5-6,11,13,21-22H,7-10H2,1-4H3. The van der Waals surface area contributed by atoms with Crippen molar-refractivity contribution >= 4 is 18.7 Å². The molecule has 0 spiro atoms. The van der Waals surface area contributed by atoms with E-state index in [1.165, 1.54) is 13.2 Å². The van der Waals surface area contributed by atoms with Gasteiger partial charge in [0.1, 0.15) is 11.7 Å². The van der Waals surface area contributed by atoms with Gasteiger partial charge in [0.15, 0.2) is 11.5 Å². The summed E-state index contributed by atoms with van der Waals surface area (Å²) in [4.78, 5) is 13.8. The third-order valence-electron chi connectivity index (χ3n) is 3.87. The van der Waals surface area contributed by atoms with Crippen LogP contribution in [0.5, 0.6) is 11.5 Å². The number of methoxy groups -OCH3 is 1. The number of carbonyl (C=O) groups excluding carboxylic acids is 1. The number of benzene rings is 1. The van der Waals surface area contributed by atoms with E-state index >= 15 is 0 Å². The number of hydrogen-bond acceptors (Lipinski definition) is 6. The lowest BCUT2D eigenvalue weighted by atomic mass is 9.80. The molecule has 1 aromatic rings. The largest absolute Gasteiger partial charge is 0.493 e. The summed E-state index contributed by atoms with van der Waals surface area (Å²) in [5.74, 6) is 0.989. The van der Waals surface area contributed by atoms with Gasteiger partial charge < -0.3 is 29.2 Å². The minimum Gasteiger partial charge on any atom is -0.493 e. The maximum atomic E-state index is 12.1. The Labute approximate surface area is 148 Å². The van der Waals surface area contributed by atoms with Gasteiger partial charge >= 0.3 is 13.2 Å². The molecule has 0 atom stereocenters. The fourth-order valence-electron chi connectivity index (χ4n) is 2.60. The van der Waals surface area contributed by atoms with Gasteiger partial charge in [0, 0.05) is 25.9 Å². The predicted molar refractivity (Wildman–Crippen MR) is 94.3 cm³/mol. The molecule has 1 aliphatic heterocycles. The Morgan fingerprint density at radius 1 is 1.20 bits per heavy atom. The van der Waals surface area contributed by atoms with Crippen LogP contribution in [0.2, 0.25) is 0 Å². The summed E-state index contributed by atoms with van der Waals surface area (Å²) in [7, 11) is -0.0547. The second-order valence-electron chi connectivity index (χ2n) is 7.07. The van der Waals surface area contributed by atoms with Crippen molar-refractivity contribution in [2.24, 2.45) is 0 Å². The van der Waals surface area contributed by atoms with Crippen molar-refractivity contribution in [3.05, 3.63) is 18.2 Å². The molecule has 0 aromatic heterocycles. The Balaban J connectivity index is 1.93. The third kappa shape index (κ3) is 5.54. The highest BCUT2D eigenvalue weighted by Gasteiger charge is 2.28. The summed E-state index contributed by atoms with van der Waals surface area (Å²) >= 11 is 0. The summed E-state index contributed by atoms with van der Waals surface area (Å²) in [6.07, 6.45) is 1.03. The van der Waals surface area contributed by atoms with Crippen LogP contribution < -0.4 is 14.9 Å². The zero-order valence-electron chi connectivity index (χ0n) is 15.2. The maximum Gasteiger partial charge on any atom is 0.488 e. The molecule has 0 unspecified atom stereocenters. The van der Waals surface area contributed by atoms with Gasteiger partial charge in [-0.25, -0.2) is 4.79 Å². The molecule has 0 saturated carbocycles. The van der Waals surface area contributed by atoms with Crippen LogP contribution in [0.15, 0.2) is 18.2 Å². The SMILES string of the molecule is COc1cc(B(O)O)ccc1OC1CCN(C(=O)OC(C)(C)C)CC1. The Morgan fingerprint density at radius 3 is 2.36 bits per heavy atom. The minimum absolute atomic E-state index is 0.0440. The van der Waals surface area contributed by atoms with Gasteiger partial charge in [-0.2, -0.15) is 0 Å². The number of carbonyl (C=O) groups is 1. The van der Waals surface area contributed by atoms with Gasteiger partial charge in [-0.1, -0.05) is 6.07 Å². The molecular weight excluding hydrogens is 325 g/mol. The Hall–Kier alpha value is -1.93. The summed E-state index contributed by atoms with van der Waals surface area (Å²) < 4.78 is 16.6. The quantitative estimate of drug-likeness (QED) is 0.792. The number of hydrogen-bond donors (Lipinski definition) is 2. The smallest absolute Gasteiger partial charge is 0.488 e. The molecule has 1 heterocycles. The molecular formula is C17H26BNO6. The number of piperidine rings is 1. The second-order valence-corrected chi connectivity index (χ2v) is 7.07. The number of ether oxygens (including phenoxy) is 3. The van der Waals surface area contributed by atoms with E-state index in [2.05, 4.69) is 0 Å². The van der Waals surface area contributed by atoms with Crippen molar-refractivity contribution in [3.63, 3.8) is 0 Å².